The van der Waals surface area contributed by atoms with Crippen molar-refractivity contribution in [2.45, 2.75) is 38.3 Å². The van der Waals surface area contributed by atoms with Gasteiger partial charge in [-0.25, -0.2) is 4.39 Å². The van der Waals surface area contributed by atoms with Crippen LogP contribution in [0.3, 0.4) is 0 Å². The normalized spacial score (nSPS) is 24.4. The molecule has 16 heavy (non-hydrogen) atoms. The van der Waals surface area contributed by atoms with Crippen molar-refractivity contribution in [3.63, 3.8) is 0 Å². The fraction of sp³-hybridized carbons (Fsp3) is 0.538. The first kappa shape index (κ1) is 11.6. The van der Waals surface area contributed by atoms with Gasteiger partial charge in [0.1, 0.15) is 11.4 Å². The summed E-state index contributed by atoms with van der Waals surface area (Å²) in [5.41, 5.74) is 0.501. The summed E-state index contributed by atoms with van der Waals surface area (Å²) in [6.45, 7) is 4.52. The van der Waals surface area contributed by atoms with Crippen LogP contribution in [0, 0.1) is 12.7 Å². The van der Waals surface area contributed by atoms with E-state index in [4.69, 9.17) is 0 Å². The Kier molecular flexibility index (Phi) is 3.00. The Hall–Kier alpha value is -0.930. The summed E-state index contributed by atoms with van der Waals surface area (Å²) in [4.78, 5) is 0. The zero-order valence-electron chi connectivity index (χ0n) is 9.76. The van der Waals surface area contributed by atoms with Crippen molar-refractivity contribution in [3.8, 4) is 0 Å². The fourth-order valence-electron chi connectivity index (χ4n) is 2.39. The summed E-state index contributed by atoms with van der Waals surface area (Å²) in [6.07, 6.45) is 2.00. The van der Waals surface area contributed by atoms with E-state index in [-0.39, 0.29) is 11.9 Å². The summed E-state index contributed by atoms with van der Waals surface area (Å²) in [5, 5.41) is 13.8. The van der Waals surface area contributed by atoms with Crippen LogP contribution in [-0.2, 0) is 5.60 Å². The Labute approximate surface area is 95.5 Å². The van der Waals surface area contributed by atoms with Gasteiger partial charge in [-0.1, -0.05) is 6.07 Å². The lowest BCUT2D eigenvalue weighted by atomic mass is 9.86. The molecule has 2 N–H and O–H groups in total. The molecule has 0 radical (unpaired) electrons. The molecule has 0 aromatic heterocycles. The highest BCUT2D eigenvalue weighted by Gasteiger charge is 2.35. The molecule has 0 aliphatic carbocycles. The molecular formula is C13H18FNO. The number of nitrogens with one attached hydrogen (secondary N) is 1. The van der Waals surface area contributed by atoms with Gasteiger partial charge in [0.2, 0.25) is 0 Å². The van der Waals surface area contributed by atoms with E-state index < -0.39 is 5.60 Å². The number of halogens is 1. The maximum absolute atomic E-state index is 13.3. The number of rotatable bonds is 2. The van der Waals surface area contributed by atoms with Gasteiger partial charge in [-0.05, 0) is 56.5 Å². The van der Waals surface area contributed by atoms with Crippen molar-refractivity contribution in [1.82, 2.24) is 5.32 Å². The molecule has 88 valence electrons. The summed E-state index contributed by atoms with van der Waals surface area (Å²) >= 11 is 0. The first-order valence-electron chi connectivity index (χ1n) is 5.73. The molecule has 1 aromatic rings. The van der Waals surface area contributed by atoms with Gasteiger partial charge >= 0.3 is 0 Å². The Morgan fingerprint density at radius 3 is 2.75 bits per heavy atom. The molecule has 0 amide bonds. The molecule has 1 aliphatic rings. The Bertz CT molecular complexity index is 363. The number of hydrogen-bond donors (Lipinski definition) is 2. The van der Waals surface area contributed by atoms with Crippen LogP contribution in [0.15, 0.2) is 18.2 Å². The van der Waals surface area contributed by atoms with Gasteiger partial charge in [0.05, 0.1) is 0 Å². The van der Waals surface area contributed by atoms with Crippen molar-refractivity contribution in [2.24, 2.45) is 0 Å². The summed E-state index contributed by atoms with van der Waals surface area (Å²) in [5.74, 6) is -0.284. The quantitative estimate of drug-likeness (QED) is 0.804. The number of hydrogen-bond acceptors (Lipinski definition) is 2. The standard InChI is InChI=1S/C13H18FNO/c1-9-6-10(8-11(14)7-9)13(2,16)12-4-3-5-15-12/h6-8,12,15-16H,3-5H2,1-2H3/t12-,13?/m0/s1. The zero-order valence-corrected chi connectivity index (χ0v) is 9.76. The fourth-order valence-corrected chi connectivity index (χ4v) is 2.39. The van der Waals surface area contributed by atoms with Crippen LogP contribution in [0.4, 0.5) is 4.39 Å². The minimum Gasteiger partial charge on any atom is -0.384 e. The highest BCUT2D eigenvalue weighted by atomic mass is 19.1. The van der Waals surface area contributed by atoms with E-state index in [0.717, 1.165) is 24.9 Å². The predicted octanol–water partition coefficient (Wildman–Crippen LogP) is 2.09. The van der Waals surface area contributed by atoms with Gasteiger partial charge in [0.25, 0.3) is 0 Å². The largest absolute Gasteiger partial charge is 0.384 e. The SMILES string of the molecule is Cc1cc(F)cc(C(C)(O)[C@@H]2CCCN2)c1. The molecule has 2 nitrogen and oxygen atoms in total. The van der Waals surface area contributed by atoms with E-state index in [9.17, 15) is 9.50 Å². The second-order valence-corrected chi connectivity index (χ2v) is 4.81. The van der Waals surface area contributed by atoms with Gasteiger partial charge in [-0.3, -0.25) is 0 Å². The first-order chi connectivity index (χ1) is 7.50. The average Bonchev–Trinajstić information content (AvgIpc) is 2.69. The molecule has 2 atom stereocenters. The number of aryl methyl sites for hydroxylation is 1. The van der Waals surface area contributed by atoms with Crippen LogP contribution in [0.1, 0.15) is 30.9 Å². The van der Waals surface area contributed by atoms with Crippen molar-refractivity contribution in [3.05, 3.63) is 35.1 Å². The molecule has 1 unspecified atom stereocenters. The van der Waals surface area contributed by atoms with E-state index in [1.807, 2.05) is 13.0 Å². The monoisotopic (exact) mass is 223 g/mol. The minimum absolute atomic E-state index is 0.0219. The van der Waals surface area contributed by atoms with Crippen LogP contribution in [0.2, 0.25) is 0 Å². The molecule has 3 heteroatoms. The average molecular weight is 223 g/mol. The highest BCUT2D eigenvalue weighted by Crippen LogP contribution is 2.30. The van der Waals surface area contributed by atoms with Gasteiger partial charge in [0, 0.05) is 6.04 Å². The van der Waals surface area contributed by atoms with Crippen molar-refractivity contribution in [2.75, 3.05) is 6.54 Å². The van der Waals surface area contributed by atoms with Crippen molar-refractivity contribution in [1.29, 1.82) is 0 Å². The van der Waals surface area contributed by atoms with Crippen LogP contribution < -0.4 is 5.32 Å². The van der Waals surface area contributed by atoms with Crippen LogP contribution in [-0.4, -0.2) is 17.7 Å². The topological polar surface area (TPSA) is 32.3 Å². The second-order valence-electron chi connectivity index (χ2n) is 4.81. The van der Waals surface area contributed by atoms with Crippen LogP contribution in [0.25, 0.3) is 0 Å². The Balaban J connectivity index is 2.33. The predicted molar refractivity (Wildman–Crippen MR) is 61.7 cm³/mol. The molecule has 0 bridgehead atoms. The smallest absolute Gasteiger partial charge is 0.123 e. The van der Waals surface area contributed by atoms with Crippen molar-refractivity contribution < 1.29 is 9.50 Å². The number of aliphatic hydroxyl groups is 1. The maximum atomic E-state index is 13.3. The molecule has 1 heterocycles. The number of benzene rings is 1. The molecule has 1 aliphatic heterocycles. The first-order valence-corrected chi connectivity index (χ1v) is 5.73. The molecule has 0 spiro atoms. The summed E-state index contributed by atoms with van der Waals surface area (Å²) in [7, 11) is 0. The van der Waals surface area contributed by atoms with Gasteiger partial charge < -0.3 is 10.4 Å². The van der Waals surface area contributed by atoms with Gasteiger partial charge in [0.15, 0.2) is 0 Å². The van der Waals surface area contributed by atoms with Gasteiger partial charge in [-0.15, -0.1) is 0 Å². The maximum Gasteiger partial charge on any atom is 0.123 e. The van der Waals surface area contributed by atoms with Crippen LogP contribution >= 0.6 is 0 Å². The molecule has 1 fully saturated rings. The zero-order chi connectivity index (χ0) is 11.8. The molecule has 0 saturated carbocycles. The third-order valence-corrected chi connectivity index (χ3v) is 3.37. The van der Waals surface area contributed by atoms with E-state index in [0.29, 0.717) is 5.56 Å². The van der Waals surface area contributed by atoms with E-state index in [1.54, 1.807) is 6.92 Å². The lowest BCUT2D eigenvalue weighted by Crippen LogP contribution is -2.43. The third kappa shape index (κ3) is 2.11. The van der Waals surface area contributed by atoms with E-state index >= 15 is 0 Å². The highest BCUT2D eigenvalue weighted by molar-refractivity contribution is 5.29. The van der Waals surface area contributed by atoms with Crippen molar-refractivity contribution >= 4 is 0 Å². The lowest BCUT2D eigenvalue weighted by molar-refractivity contribution is 0.0215. The molecule has 2 rings (SSSR count). The minimum atomic E-state index is -0.997. The Morgan fingerprint density at radius 1 is 1.44 bits per heavy atom. The lowest BCUT2D eigenvalue weighted by Gasteiger charge is -2.31. The molecule has 1 aromatic carbocycles. The second kappa shape index (κ2) is 4.15. The molecular weight excluding hydrogens is 205 g/mol. The summed E-state index contributed by atoms with van der Waals surface area (Å²) in [6, 6.07) is 4.77. The van der Waals surface area contributed by atoms with Gasteiger partial charge in [-0.2, -0.15) is 0 Å². The summed E-state index contributed by atoms with van der Waals surface area (Å²) < 4.78 is 13.3. The van der Waals surface area contributed by atoms with E-state index in [1.165, 1.54) is 12.1 Å². The molecule has 1 saturated heterocycles. The Morgan fingerprint density at radius 2 is 2.19 bits per heavy atom. The third-order valence-electron chi connectivity index (χ3n) is 3.37. The van der Waals surface area contributed by atoms with E-state index in [2.05, 4.69) is 5.32 Å². The van der Waals surface area contributed by atoms with Crippen LogP contribution in [0.5, 0.6) is 0 Å².